The Bertz CT molecular complexity index is 739. The first-order valence-corrected chi connectivity index (χ1v) is 8.91. The van der Waals surface area contributed by atoms with Crippen LogP contribution in [-0.4, -0.2) is 61.0 Å². The van der Waals surface area contributed by atoms with Crippen LogP contribution in [0, 0.1) is 0 Å². The van der Waals surface area contributed by atoms with Gasteiger partial charge in [0.15, 0.2) is 0 Å². The molecule has 2 aliphatic rings. The number of hydrogen-bond acceptors (Lipinski definition) is 6. The van der Waals surface area contributed by atoms with E-state index < -0.39 is 0 Å². The third-order valence-electron chi connectivity index (χ3n) is 5.26. The van der Waals surface area contributed by atoms with Crippen LogP contribution < -0.4 is 4.74 Å². The molecule has 0 amide bonds. The molecule has 2 heterocycles. The Morgan fingerprint density at radius 1 is 1.23 bits per heavy atom. The van der Waals surface area contributed by atoms with Gasteiger partial charge in [0.25, 0.3) is 0 Å². The van der Waals surface area contributed by atoms with E-state index in [1.165, 1.54) is 23.9 Å². The van der Waals surface area contributed by atoms with Crippen LogP contribution in [-0.2, 0) is 16.1 Å². The van der Waals surface area contributed by atoms with E-state index in [1.54, 1.807) is 7.11 Å². The second-order valence-electron chi connectivity index (χ2n) is 6.91. The molecule has 0 unspecified atom stereocenters. The van der Waals surface area contributed by atoms with Crippen LogP contribution in [0.3, 0.4) is 0 Å². The summed E-state index contributed by atoms with van der Waals surface area (Å²) in [5.41, 5.74) is 3.57. The average Bonchev–Trinajstić information content (AvgIpc) is 2.65. The highest BCUT2D eigenvalue weighted by molar-refractivity contribution is 5.89. The summed E-state index contributed by atoms with van der Waals surface area (Å²) in [6.07, 6.45) is 0. The SMILES string of the molecule is COC(=O)[C@@H]1CN(Cc2ccc(OC)cc2)CC2=C(C)[C@H](C)N=C(C)N21. The van der Waals surface area contributed by atoms with Crippen molar-refractivity contribution >= 4 is 11.8 Å². The number of carbonyl (C=O) groups is 1. The summed E-state index contributed by atoms with van der Waals surface area (Å²) in [6.45, 7) is 8.34. The van der Waals surface area contributed by atoms with Crippen molar-refractivity contribution in [2.75, 3.05) is 27.3 Å². The Hall–Kier alpha value is -2.34. The maximum absolute atomic E-state index is 12.5. The molecule has 140 valence electrons. The number of amidine groups is 1. The van der Waals surface area contributed by atoms with Crippen molar-refractivity contribution in [1.82, 2.24) is 9.80 Å². The monoisotopic (exact) mass is 357 g/mol. The van der Waals surface area contributed by atoms with Gasteiger partial charge in [0, 0.05) is 25.3 Å². The lowest BCUT2D eigenvalue weighted by Crippen LogP contribution is -2.58. The molecule has 0 spiro atoms. The van der Waals surface area contributed by atoms with Crippen molar-refractivity contribution in [2.45, 2.75) is 39.4 Å². The lowest BCUT2D eigenvalue weighted by molar-refractivity contribution is -0.146. The van der Waals surface area contributed by atoms with Crippen LogP contribution >= 0.6 is 0 Å². The van der Waals surface area contributed by atoms with E-state index in [0.717, 1.165) is 24.7 Å². The molecule has 0 aromatic heterocycles. The minimum absolute atomic E-state index is 0.139. The van der Waals surface area contributed by atoms with Crippen molar-refractivity contribution in [2.24, 2.45) is 4.99 Å². The fourth-order valence-corrected chi connectivity index (χ4v) is 3.71. The molecule has 1 saturated heterocycles. The zero-order valence-electron chi connectivity index (χ0n) is 16.2. The molecule has 26 heavy (non-hydrogen) atoms. The number of fused-ring (bicyclic) bond motifs is 1. The first-order chi connectivity index (χ1) is 12.4. The second-order valence-corrected chi connectivity index (χ2v) is 6.91. The van der Waals surface area contributed by atoms with E-state index in [4.69, 9.17) is 9.47 Å². The third kappa shape index (κ3) is 3.46. The maximum Gasteiger partial charge on any atom is 0.330 e. The van der Waals surface area contributed by atoms with Crippen LogP contribution in [0.4, 0.5) is 0 Å². The van der Waals surface area contributed by atoms with Gasteiger partial charge in [-0.1, -0.05) is 12.1 Å². The summed E-state index contributed by atoms with van der Waals surface area (Å²) >= 11 is 0. The molecule has 1 fully saturated rings. The summed E-state index contributed by atoms with van der Waals surface area (Å²) in [4.78, 5) is 21.5. The van der Waals surface area contributed by atoms with Gasteiger partial charge < -0.3 is 14.4 Å². The van der Waals surface area contributed by atoms with Gasteiger partial charge in [0.1, 0.15) is 17.6 Å². The highest BCUT2D eigenvalue weighted by atomic mass is 16.5. The van der Waals surface area contributed by atoms with Crippen molar-refractivity contribution < 1.29 is 14.3 Å². The molecule has 1 aromatic rings. The summed E-state index contributed by atoms with van der Waals surface area (Å²) < 4.78 is 10.3. The number of hydrogen-bond donors (Lipinski definition) is 0. The predicted octanol–water partition coefficient (Wildman–Crippen LogP) is 2.45. The molecule has 6 nitrogen and oxygen atoms in total. The fraction of sp³-hybridized carbons (Fsp3) is 0.500. The largest absolute Gasteiger partial charge is 0.497 e. The van der Waals surface area contributed by atoms with Gasteiger partial charge >= 0.3 is 5.97 Å². The lowest BCUT2D eigenvalue weighted by Gasteiger charge is -2.45. The number of ether oxygens (including phenoxy) is 2. The lowest BCUT2D eigenvalue weighted by atomic mass is 9.99. The van der Waals surface area contributed by atoms with Crippen molar-refractivity contribution in [3.8, 4) is 5.75 Å². The molecular formula is C20H27N3O3. The normalized spacial score (nSPS) is 23.4. The zero-order chi connectivity index (χ0) is 18.8. The Morgan fingerprint density at radius 2 is 1.92 bits per heavy atom. The molecular weight excluding hydrogens is 330 g/mol. The Labute approximate surface area is 155 Å². The van der Waals surface area contributed by atoms with Crippen LogP contribution in [0.2, 0.25) is 0 Å². The number of aliphatic imine (C=N–C) groups is 1. The second kappa shape index (κ2) is 7.50. The Morgan fingerprint density at radius 3 is 2.54 bits per heavy atom. The van der Waals surface area contributed by atoms with E-state index >= 15 is 0 Å². The number of rotatable bonds is 4. The number of piperazine rings is 1. The highest BCUT2D eigenvalue weighted by Gasteiger charge is 2.39. The zero-order valence-corrected chi connectivity index (χ0v) is 16.2. The molecule has 2 atom stereocenters. The number of carbonyl (C=O) groups excluding carboxylic acids is 1. The molecule has 0 radical (unpaired) electrons. The third-order valence-corrected chi connectivity index (χ3v) is 5.26. The van der Waals surface area contributed by atoms with E-state index in [9.17, 15) is 4.79 Å². The maximum atomic E-state index is 12.5. The summed E-state index contributed by atoms with van der Waals surface area (Å²) in [7, 11) is 3.11. The molecule has 0 saturated carbocycles. The predicted molar refractivity (Wildman–Crippen MR) is 101 cm³/mol. The molecule has 1 aromatic carbocycles. The molecule has 0 bridgehead atoms. The van der Waals surface area contributed by atoms with E-state index in [1.807, 2.05) is 19.1 Å². The molecule has 0 N–H and O–H groups in total. The molecule has 2 aliphatic heterocycles. The number of benzene rings is 1. The molecule has 3 rings (SSSR count). The van der Waals surface area contributed by atoms with Crippen molar-refractivity contribution in [3.05, 3.63) is 41.1 Å². The minimum atomic E-state index is -0.367. The first kappa shape index (κ1) is 18.5. The van der Waals surface area contributed by atoms with Gasteiger partial charge in [0.2, 0.25) is 0 Å². The Kier molecular flexibility index (Phi) is 5.32. The van der Waals surface area contributed by atoms with E-state index in [0.29, 0.717) is 6.54 Å². The standard InChI is InChI=1S/C20H27N3O3/c1-13-14(2)21-15(3)23-18(13)11-22(12-19(23)20(24)26-5)10-16-6-8-17(25-4)9-7-16/h6-9,14,19H,10-12H2,1-5H3/t14-,19-/m0/s1. The summed E-state index contributed by atoms with van der Waals surface area (Å²) in [5, 5.41) is 0. The Balaban J connectivity index is 1.87. The quantitative estimate of drug-likeness (QED) is 0.775. The minimum Gasteiger partial charge on any atom is -0.497 e. The summed E-state index contributed by atoms with van der Waals surface area (Å²) in [5.74, 6) is 1.51. The van der Waals surface area contributed by atoms with Crippen LogP contribution in [0.5, 0.6) is 5.75 Å². The van der Waals surface area contributed by atoms with E-state index in [2.05, 4.69) is 40.8 Å². The number of esters is 1. The van der Waals surface area contributed by atoms with E-state index in [-0.39, 0.29) is 18.1 Å². The smallest absolute Gasteiger partial charge is 0.330 e. The van der Waals surface area contributed by atoms with Crippen LogP contribution in [0.1, 0.15) is 26.3 Å². The average molecular weight is 357 g/mol. The summed E-state index contributed by atoms with van der Waals surface area (Å²) in [6, 6.07) is 7.83. The van der Waals surface area contributed by atoms with Gasteiger partial charge in [-0.25, -0.2) is 4.79 Å². The highest BCUT2D eigenvalue weighted by Crippen LogP contribution is 2.30. The van der Waals surface area contributed by atoms with Gasteiger partial charge in [-0.2, -0.15) is 0 Å². The van der Waals surface area contributed by atoms with Crippen LogP contribution in [0.25, 0.3) is 0 Å². The van der Waals surface area contributed by atoms with Gasteiger partial charge in [-0.05, 0) is 44.0 Å². The molecule has 0 aliphatic carbocycles. The molecule has 6 heteroatoms. The van der Waals surface area contributed by atoms with Gasteiger partial charge in [0.05, 0.1) is 20.3 Å². The first-order valence-electron chi connectivity index (χ1n) is 8.91. The number of nitrogens with zero attached hydrogens (tertiary/aromatic N) is 3. The topological polar surface area (TPSA) is 54.4 Å². The fourth-order valence-electron chi connectivity index (χ4n) is 3.71. The number of methoxy groups -OCH3 is 2. The van der Waals surface area contributed by atoms with Gasteiger partial charge in [-0.3, -0.25) is 9.89 Å². The van der Waals surface area contributed by atoms with Gasteiger partial charge in [-0.15, -0.1) is 0 Å². The van der Waals surface area contributed by atoms with Crippen molar-refractivity contribution in [3.63, 3.8) is 0 Å². The van der Waals surface area contributed by atoms with Crippen molar-refractivity contribution in [1.29, 1.82) is 0 Å². The van der Waals surface area contributed by atoms with Crippen LogP contribution in [0.15, 0.2) is 40.5 Å².